The van der Waals surface area contributed by atoms with E-state index in [1.807, 2.05) is 13.8 Å². The van der Waals surface area contributed by atoms with Crippen LogP contribution in [0.15, 0.2) is 12.1 Å². The molecule has 0 radical (unpaired) electrons. The second-order valence-corrected chi connectivity index (χ2v) is 4.48. The van der Waals surface area contributed by atoms with E-state index in [9.17, 15) is 13.9 Å². The molecule has 1 aromatic rings. The van der Waals surface area contributed by atoms with Gasteiger partial charge in [0.25, 0.3) is 0 Å². The molecule has 0 spiro atoms. The largest absolute Gasteiger partial charge is 0.492 e. The van der Waals surface area contributed by atoms with Crippen molar-refractivity contribution < 1.29 is 18.6 Å². The van der Waals surface area contributed by atoms with E-state index >= 15 is 0 Å². The average Bonchev–Trinajstić information content (AvgIpc) is 2.16. The quantitative estimate of drug-likeness (QED) is 0.718. The van der Waals surface area contributed by atoms with Crippen LogP contribution in [-0.4, -0.2) is 11.7 Å². The van der Waals surface area contributed by atoms with Crippen molar-refractivity contribution in [2.24, 2.45) is 5.41 Å². The van der Waals surface area contributed by atoms with Gasteiger partial charge in [-0.3, -0.25) is 0 Å². The summed E-state index contributed by atoms with van der Waals surface area (Å²) in [6.07, 6.45) is -0.837. The summed E-state index contributed by atoms with van der Waals surface area (Å²) >= 11 is 0. The zero-order chi connectivity index (χ0) is 11.2. The second-order valence-electron chi connectivity index (χ2n) is 4.48. The van der Waals surface area contributed by atoms with Crippen LogP contribution in [-0.2, 0) is 0 Å². The van der Waals surface area contributed by atoms with Gasteiger partial charge in [0.2, 0.25) is 0 Å². The maximum atomic E-state index is 13.0. The van der Waals surface area contributed by atoms with Crippen molar-refractivity contribution in [1.29, 1.82) is 0 Å². The van der Waals surface area contributed by atoms with Gasteiger partial charge in [-0.25, -0.2) is 8.78 Å². The number of hydrogen-bond donors (Lipinski definition) is 1. The number of ether oxygens (including phenoxy) is 1. The first-order chi connectivity index (χ1) is 6.92. The molecular formula is C11H12F2O2. The zero-order valence-corrected chi connectivity index (χ0v) is 8.55. The molecule has 1 atom stereocenters. The maximum Gasteiger partial charge on any atom is 0.162 e. The third kappa shape index (κ3) is 1.59. The van der Waals surface area contributed by atoms with Crippen LogP contribution >= 0.6 is 0 Å². The summed E-state index contributed by atoms with van der Waals surface area (Å²) in [4.78, 5) is 0. The third-order valence-corrected chi connectivity index (χ3v) is 2.69. The molecule has 1 heterocycles. The minimum absolute atomic E-state index is 0.223. The molecule has 2 rings (SSSR count). The predicted octanol–water partition coefficient (Wildman–Crippen LogP) is 2.42. The van der Waals surface area contributed by atoms with Crippen LogP contribution in [0.25, 0.3) is 0 Å². The van der Waals surface area contributed by atoms with Gasteiger partial charge in [-0.05, 0) is 6.07 Å². The first-order valence-corrected chi connectivity index (χ1v) is 4.71. The van der Waals surface area contributed by atoms with E-state index in [0.717, 1.165) is 12.1 Å². The lowest BCUT2D eigenvalue weighted by molar-refractivity contribution is -0.00774. The molecule has 0 saturated carbocycles. The number of aliphatic hydroxyl groups is 1. The number of halogens is 2. The van der Waals surface area contributed by atoms with E-state index in [1.54, 1.807) is 0 Å². The summed E-state index contributed by atoms with van der Waals surface area (Å²) in [6, 6.07) is 1.97. The first-order valence-electron chi connectivity index (χ1n) is 4.71. The molecule has 1 N–H and O–H groups in total. The van der Waals surface area contributed by atoms with Crippen molar-refractivity contribution in [2.75, 3.05) is 6.61 Å². The van der Waals surface area contributed by atoms with Crippen LogP contribution in [0.2, 0.25) is 0 Å². The number of hydrogen-bond acceptors (Lipinski definition) is 2. The van der Waals surface area contributed by atoms with E-state index in [0.29, 0.717) is 5.56 Å². The normalized spacial score (nSPS) is 23.1. The fourth-order valence-corrected chi connectivity index (χ4v) is 1.65. The molecule has 0 fully saturated rings. The highest BCUT2D eigenvalue weighted by atomic mass is 19.2. The average molecular weight is 214 g/mol. The molecule has 2 nitrogen and oxygen atoms in total. The Kier molecular flexibility index (Phi) is 2.19. The summed E-state index contributed by atoms with van der Waals surface area (Å²) in [7, 11) is 0. The fraction of sp³-hybridized carbons (Fsp3) is 0.455. The topological polar surface area (TPSA) is 29.5 Å². The van der Waals surface area contributed by atoms with Crippen LogP contribution in [0.4, 0.5) is 8.78 Å². The SMILES string of the molecule is CC1(C)COc2cc(F)c(F)cc2C1O. The monoisotopic (exact) mass is 214 g/mol. The van der Waals surface area contributed by atoms with Crippen LogP contribution < -0.4 is 4.74 Å². The number of benzene rings is 1. The lowest BCUT2D eigenvalue weighted by Crippen LogP contribution is -2.33. The van der Waals surface area contributed by atoms with E-state index in [1.165, 1.54) is 0 Å². The van der Waals surface area contributed by atoms with Crippen LogP contribution in [0.1, 0.15) is 25.5 Å². The fourth-order valence-electron chi connectivity index (χ4n) is 1.65. The Bertz CT molecular complexity index is 402. The summed E-state index contributed by atoms with van der Waals surface area (Å²) in [5.74, 6) is -1.70. The van der Waals surface area contributed by atoms with Crippen molar-refractivity contribution in [1.82, 2.24) is 0 Å². The lowest BCUT2D eigenvalue weighted by Gasteiger charge is -2.36. The molecule has 0 saturated heterocycles. The minimum atomic E-state index is -0.964. The molecule has 1 aliphatic heterocycles. The molecule has 0 amide bonds. The molecule has 1 aromatic carbocycles. The van der Waals surface area contributed by atoms with Gasteiger partial charge in [-0.1, -0.05) is 13.8 Å². The van der Waals surface area contributed by atoms with Crippen LogP contribution in [0.3, 0.4) is 0 Å². The van der Waals surface area contributed by atoms with E-state index in [2.05, 4.69) is 0 Å². The van der Waals surface area contributed by atoms with Gasteiger partial charge in [-0.2, -0.15) is 0 Å². The van der Waals surface area contributed by atoms with Gasteiger partial charge >= 0.3 is 0 Å². The van der Waals surface area contributed by atoms with Crippen molar-refractivity contribution in [2.45, 2.75) is 20.0 Å². The summed E-state index contributed by atoms with van der Waals surface area (Å²) in [5, 5.41) is 9.94. The highest BCUT2D eigenvalue weighted by Crippen LogP contribution is 2.43. The Morgan fingerprint density at radius 3 is 2.60 bits per heavy atom. The maximum absolute atomic E-state index is 13.0. The number of fused-ring (bicyclic) bond motifs is 1. The Morgan fingerprint density at radius 2 is 1.93 bits per heavy atom. The van der Waals surface area contributed by atoms with Crippen LogP contribution in [0.5, 0.6) is 5.75 Å². The molecule has 1 unspecified atom stereocenters. The van der Waals surface area contributed by atoms with Gasteiger partial charge in [0.15, 0.2) is 11.6 Å². The van der Waals surface area contributed by atoms with E-state index in [4.69, 9.17) is 4.74 Å². The molecule has 82 valence electrons. The lowest BCUT2D eigenvalue weighted by atomic mass is 9.81. The van der Waals surface area contributed by atoms with Gasteiger partial charge in [-0.15, -0.1) is 0 Å². The number of rotatable bonds is 0. The van der Waals surface area contributed by atoms with Crippen LogP contribution in [0, 0.1) is 17.0 Å². The highest BCUT2D eigenvalue weighted by molar-refractivity contribution is 5.39. The third-order valence-electron chi connectivity index (χ3n) is 2.69. The van der Waals surface area contributed by atoms with Crippen molar-refractivity contribution >= 4 is 0 Å². The predicted molar refractivity (Wildman–Crippen MR) is 50.6 cm³/mol. The molecule has 1 aliphatic rings. The van der Waals surface area contributed by atoms with Crippen molar-refractivity contribution in [3.8, 4) is 5.75 Å². The molecule has 4 heteroatoms. The van der Waals surface area contributed by atoms with E-state index in [-0.39, 0.29) is 12.4 Å². The molecular weight excluding hydrogens is 202 g/mol. The first kappa shape index (κ1) is 10.4. The Balaban J connectivity index is 2.52. The molecule has 0 bridgehead atoms. The van der Waals surface area contributed by atoms with E-state index < -0.39 is 23.2 Å². The standard InChI is InChI=1S/C11H12F2O2/c1-11(2)5-15-9-4-8(13)7(12)3-6(9)10(11)14/h3-4,10,14H,5H2,1-2H3. The van der Waals surface area contributed by atoms with Gasteiger partial charge in [0.1, 0.15) is 5.75 Å². The van der Waals surface area contributed by atoms with Crippen molar-refractivity contribution in [3.63, 3.8) is 0 Å². The Labute approximate surface area is 86.5 Å². The summed E-state index contributed by atoms with van der Waals surface area (Å²) in [5.41, 5.74) is -0.178. The summed E-state index contributed by atoms with van der Waals surface area (Å²) in [6.45, 7) is 3.90. The Morgan fingerprint density at radius 1 is 1.33 bits per heavy atom. The van der Waals surface area contributed by atoms with Gasteiger partial charge < -0.3 is 9.84 Å². The molecule has 0 aliphatic carbocycles. The number of aliphatic hydroxyl groups excluding tert-OH is 1. The molecule has 15 heavy (non-hydrogen) atoms. The van der Waals surface area contributed by atoms with Gasteiger partial charge in [0, 0.05) is 17.0 Å². The highest BCUT2D eigenvalue weighted by Gasteiger charge is 2.36. The zero-order valence-electron chi connectivity index (χ0n) is 8.55. The minimum Gasteiger partial charge on any atom is -0.492 e. The summed E-state index contributed by atoms with van der Waals surface area (Å²) < 4.78 is 31.2. The molecule has 0 aromatic heterocycles. The smallest absolute Gasteiger partial charge is 0.162 e. The Hall–Kier alpha value is -1.16. The van der Waals surface area contributed by atoms with Gasteiger partial charge in [0.05, 0.1) is 12.7 Å². The second kappa shape index (κ2) is 3.17. The van der Waals surface area contributed by atoms with Crippen molar-refractivity contribution in [3.05, 3.63) is 29.3 Å².